The minimum absolute atomic E-state index is 0.134. The molecular formula is C13H12ClNO3S. The lowest BCUT2D eigenvalue weighted by Gasteiger charge is -2.08. The second-order valence-electron chi connectivity index (χ2n) is 3.95. The average molecular weight is 298 g/mol. The van der Waals surface area contributed by atoms with E-state index in [1.165, 1.54) is 0 Å². The molecule has 0 spiro atoms. The summed E-state index contributed by atoms with van der Waals surface area (Å²) in [6.07, 6.45) is 0. The van der Waals surface area contributed by atoms with E-state index >= 15 is 0 Å². The van der Waals surface area contributed by atoms with Gasteiger partial charge in [0.25, 0.3) is 0 Å². The van der Waals surface area contributed by atoms with Crippen LogP contribution in [0.3, 0.4) is 0 Å². The minimum Gasteiger partial charge on any atom is -0.496 e. The van der Waals surface area contributed by atoms with Crippen molar-refractivity contribution in [2.24, 2.45) is 0 Å². The number of aromatic carboxylic acids is 1. The highest BCUT2D eigenvalue weighted by Crippen LogP contribution is 2.42. The molecule has 1 heterocycles. The Kier molecular flexibility index (Phi) is 3.68. The molecule has 0 saturated heterocycles. The number of nitrogen functional groups attached to an aromatic ring is 1. The van der Waals surface area contributed by atoms with Gasteiger partial charge in [0.15, 0.2) is 0 Å². The largest absolute Gasteiger partial charge is 0.496 e. The molecule has 0 fully saturated rings. The molecule has 100 valence electrons. The van der Waals surface area contributed by atoms with E-state index in [1.54, 1.807) is 32.2 Å². The second-order valence-corrected chi connectivity index (χ2v) is 5.41. The molecule has 2 rings (SSSR count). The molecule has 0 saturated carbocycles. The number of hydrogen-bond donors (Lipinski definition) is 2. The van der Waals surface area contributed by atoms with Crippen molar-refractivity contribution in [3.8, 4) is 16.2 Å². The molecule has 0 atom stereocenters. The van der Waals surface area contributed by atoms with Crippen LogP contribution in [0.4, 0.5) is 5.69 Å². The summed E-state index contributed by atoms with van der Waals surface area (Å²) >= 11 is 7.11. The standard InChI is InChI=1S/C13H12ClNO3S/c1-6-10(15)12(13(16)17)19-11(6)8-5-7(14)3-4-9(8)18-2/h3-5H,15H2,1-2H3,(H,16,17). The van der Waals surface area contributed by atoms with Gasteiger partial charge in [-0.1, -0.05) is 11.6 Å². The number of hydrogen-bond acceptors (Lipinski definition) is 4. The highest BCUT2D eigenvalue weighted by atomic mass is 35.5. The number of rotatable bonds is 3. The first-order chi connectivity index (χ1) is 8.95. The van der Waals surface area contributed by atoms with E-state index in [1.807, 2.05) is 0 Å². The van der Waals surface area contributed by atoms with Crippen molar-refractivity contribution in [1.82, 2.24) is 0 Å². The van der Waals surface area contributed by atoms with Crippen molar-refractivity contribution in [3.05, 3.63) is 33.7 Å². The van der Waals surface area contributed by atoms with Crippen LogP contribution in [-0.4, -0.2) is 18.2 Å². The monoisotopic (exact) mass is 297 g/mol. The first kappa shape index (κ1) is 13.7. The second kappa shape index (κ2) is 5.11. The number of ether oxygens (including phenoxy) is 1. The summed E-state index contributed by atoms with van der Waals surface area (Å²) in [4.78, 5) is 12.0. The molecule has 2 aromatic rings. The van der Waals surface area contributed by atoms with Crippen LogP contribution < -0.4 is 10.5 Å². The molecule has 4 nitrogen and oxygen atoms in total. The van der Waals surface area contributed by atoms with Crippen LogP contribution in [0.2, 0.25) is 5.02 Å². The summed E-state index contributed by atoms with van der Waals surface area (Å²) in [7, 11) is 1.55. The van der Waals surface area contributed by atoms with Gasteiger partial charge >= 0.3 is 5.97 Å². The van der Waals surface area contributed by atoms with Crippen molar-refractivity contribution in [1.29, 1.82) is 0 Å². The number of methoxy groups -OCH3 is 1. The van der Waals surface area contributed by atoms with Crippen LogP contribution in [0.5, 0.6) is 5.75 Å². The van der Waals surface area contributed by atoms with Gasteiger partial charge in [0.1, 0.15) is 10.6 Å². The number of thiophene rings is 1. The van der Waals surface area contributed by atoms with E-state index in [0.717, 1.165) is 27.3 Å². The van der Waals surface area contributed by atoms with E-state index in [-0.39, 0.29) is 10.6 Å². The third kappa shape index (κ3) is 2.39. The molecule has 0 unspecified atom stereocenters. The molecule has 6 heteroatoms. The first-order valence-electron chi connectivity index (χ1n) is 5.41. The topological polar surface area (TPSA) is 72.5 Å². The fraction of sp³-hybridized carbons (Fsp3) is 0.154. The molecule has 0 amide bonds. The van der Waals surface area contributed by atoms with Gasteiger partial charge in [0, 0.05) is 15.5 Å². The smallest absolute Gasteiger partial charge is 0.348 e. The Hall–Kier alpha value is -1.72. The number of carboxylic acids is 1. The zero-order valence-corrected chi connectivity index (χ0v) is 11.9. The Morgan fingerprint density at radius 1 is 1.47 bits per heavy atom. The fourth-order valence-corrected chi connectivity index (χ4v) is 3.06. The van der Waals surface area contributed by atoms with Gasteiger partial charge in [0.2, 0.25) is 0 Å². The van der Waals surface area contributed by atoms with Gasteiger partial charge in [-0.05, 0) is 30.7 Å². The first-order valence-corrected chi connectivity index (χ1v) is 6.61. The maximum Gasteiger partial charge on any atom is 0.348 e. The van der Waals surface area contributed by atoms with Gasteiger partial charge in [0.05, 0.1) is 12.8 Å². The lowest BCUT2D eigenvalue weighted by atomic mass is 10.1. The van der Waals surface area contributed by atoms with Crippen molar-refractivity contribution in [2.45, 2.75) is 6.92 Å². The fourth-order valence-electron chi connectivity index (χ4n) is 1.80. The van der Waals surface area contributed by atoms with Crippen LogP contribution >= 0.6 is 22.9 Å². The van der Waals surface area contributed by atoms with Gasteiger partial charge in [-0.25, -0.2) is 4.79 Å². The minimum atomic E-state index is -1.03. The summed E-state index contributed by atoms with van der Waals surface area (Å²) in [6.45, 7) is 1.79. The quantitative estimate of drug-likeness (QED) is 0.906. The number of anilines is 1. The van der Waals surface area contributed by atoms with Crippen molar-refractivity contribution in [2.75, 3.05) is 12.8 Å². The molecule has 19 heavy (non-hydrogen) atoms. The highest BCUT2D eigenvalue weighted by Gasteiger charge is 2.20. The molecule has 0 aliphatic heterocycles. The molecule has 3 N–H and O–H groups in total. The predicted octanol–water partition coefficient (Wildman–Crippen LogP) is 3.67. The van der Waals surface area contributed by atoms with Crippen LogP contribution in [0.25, 0.3) is 10.4 Å². The summed E-state index contributed by atoms with van der Waals surface area (Å²) in [6, 6.07) is 5.20. The zero-order valence-electron chi connectivity index (χ0n) is 10.4. The van der Waals surface area contributed by atoms with E-state index in [4.69, 9.17) is 27.2 Å². The van der Waals surface area contributed by atoms with E-state index < -0.39 is 5.97 Å². The van der Waals surface area contributed by atoms with Crippen LogP contribution in [0, 0.1) is 6.92 Å². The third-order valence-electron chi connectivity index (χ3n) is 2.79. The average Bonchev–Trinajstić information content (AvgIpc) is 2.66. The summed E-state index contributed by atoms with van der Waals surface area (Å²) in [5.74, 6) is -0.400. The maximum atomic E-state index is 11.1. The molecule has 0 aliphatic rings. The maximum absolute atomic E-state index is 11.1. The molecule has 0 aliphatic carbocycles. The van der Waals surface area contributed by atoms with E-state index in [0.29, 0.717) is 10.8 Å². The van der Waals surface area contributed by atoms with Gasteiger partial charge < -0.3 is 15.6 Å². The Morgan fingerprint density at radius 3 is 2.68 bits per heavy atom. The molecule has 1 aromatic carbocycles. The lowest BCUT2D eigenvalue weighted by Crippen LogP contribution is -1.97. The Labute approximate surface area is 119 Å². The van der Waals surface area contributed by atoms with Crippen molar-refractivity contribution >= 4 is 34.6 Å². The third-order valence-corrected chi connectivity index (χ3v) is 4.36. The van der Waals surface area contributed by atoms with E-state index in [9.17, 15) is 4.79 Å². The SMILES string of the molecule is COc1ccc(Cl)cc1-c1sc(C(=O)O)c(N)c1C. The van der Waals surface area contributed by atoms with Crippen LogP contribution in [-0.2, 0) is 0 Å². The van der Waals surface area contributed by atoms with Crippen LogP contribution in [0.15, 0.2) is 18.2 Å². The zero-order chi connectivity index (χ0) is 14.2. The van der Waals surface area contributed by atoms with Gasteiger partial charge in [-0.2, -0.15) is 0 Å². The summed E-state index contributed by atoms with van der Waals surface area (Å²) in [5, 5.41) is 9.66. The molecular weight excluding hydrogens is 286 g/mol. The normalized spacial score (nSPS) is 10.5. The Balaban J connectivity index is 2.69. The van der Waals surface area contributed by atoms with Crippen molar-refractivity contribution < 1.29 is 14.6 Å². The van der Waals surface area contributed by atoms with E-state index in [2.05, 4.69) is 0 Å². The van der Waals surface area contributed by atoms with Crippen LogP contribution in [0.1, 0.15) is 15.2 Å². The number of nitrogens with two attached hydrogens (primary N) is 1. The van der Waals surface area contributed by atoms with Crippen molar-refractivity contribution in [3.63, 3.8) is 0 Å². The van der Waals surface area contributed by atoms with Gasteiger partial charge in [-0.15, -0.1) is 11.3 Å². The van der Waals surface area contributed by atoms with Gasteiger partial charge in [-0.3, -0.25) is 0 Å². The number of halogens is 1. The molecule has 0 bridgehead atoms. The molecule has 1 aromatic heterocycles. The Bertz CT molecular complexity index is 652. The predicted molar refractivity (Wildman–Crippen MR) is 77.4 cm³/mol. The number of carboxylic acid groups (broad SMARTS) is 1. The highest BCUT2D eigenvalue weighted by molar-refractivity contribution is 7.18. The lowest BCUT2D eigenvalue weighted by molar-refractivity contribution is 0.0703. The summed E-state index contributed by atoms with van der Waals surface area (Å²) < 4.78 is 5.28. The molecule has 0 radical (unpaired) electrons. The number of benzene rings is 1. The Morgan fingerprint density at radius 2 is 2.16 bits per heavy atom. The number of carbonyl (C=O) groups is 1. The summed E-state index contributed by atoms with van der Waals surface area (Å²) in [5.41, 5.74) is 7.59.